The highest BCUT2D eigenvalue weighted by Crippen LogP contribution is 2.65. The highest BCUT2D eigenvalue weighted by Gasteiger charge is 2.67. The van der Waals surface area contributed by atoms with Crippen LogP contribution in [0.15, 0.2) is 66.7 Å². The number of amides is 2. The summed E-state index contributed by atoms with van der Waals surface area (Å²) in [6.45, 7) is -0.320. The standard InChI is InChI=1S/C25H21NO4/c27-21(30-16-8-6-15(7-9-16)14-4-2-1-3-5-14)13-26-24(28)22-17-10-11-18(20-12-19(17)20)23(22)25(26)29/h1-11,17-20,22-23H,12-13H2/t17-,18-,19-,20-,22-,23+/m1/s1. The molecule has 1 aliphatic heterocycles. The van der Waals surface area contributed by atoms with E-state index in [-0.39, 0.29) is 42.0 Å². The van der Waals surface area contributed by atoms with Crippen LogP contribution in [0.3, 0.4) is 0 Å². The topological polar surface area (TPSA) is 63.7 Å². The molecule has 5 aliphatic rings. The number of esters is 1. The van der Waals surface area contributed by atoms with Crippen LogP contribution in [-0.4, -0.2) is 29.2 Å². The first-order valence-corrected chi connectivity index (χ1v) is 10.5. The maximum Gasteiger partial charge on any atom is 0.331 e. The van der Waals surface area contributed by atoms with E-state index in [0.29, 0.717) is 17.6 Å². The summed E-state index contributed by atoms with van der Waals surface area (Å²) in [5, 5.41) is 0. The van der Waals surface area contributed by atoms with E-state index in [4.69, 9.17) is 4.74 Å². The summed E-state index contributed by atoms with van der Waals surface area (Å²) in [6.07, 6.45) is 5.37. The highest BCUT2D eigenvalue weighted by molar-refractivity contribution is 6.08. The van der Waals surface area contributed by atoms with Crippen LogP contribution in [0, 0.1) is 35.5 Å². The molecule has 0 unspecified atom stereocenters. The summed E-state index contributed by atoms with van der Waals surface area (Å²) in [5.74, 6) is 0.259. The molecule has 1 heterocycles. The van der Waals surface area contributed by atoms with Gasteiger partial charge in [0.25, 0.3) is 0 Å². The zero-order valence-corrected chi connectivity index (χ0v) is 16.3. The van der Waals surface area contributed by atoms with Crippen LogP contribution in [0.2, 0.25) is 0 Å². The van der Waals surface area contributed by atoms with E-state index in [1.807, 2.05) is 42.5 Å². The van der Waals surface area contributed by atoms with Crippen LogP contribution in [0.25, 0.3) is 11.1 Å². The fraction of sp³-hybridized carbons (Fsp3) is 0.320. The van der Waals surface area contributed by atoms with Gasteiger partial charge in [-0.25, -0.2) is 4.79 Å². The Morgan fingerprint density at radius 3 is 2.00 bits per heavy atom. The van der Waals surface area contributed by atoms with Gasteiger partial charge in [-0.15, -0.1) is 0 Å². The SMILES string of the molecule is O=C(CN1C(=O)[C@@H]2[C@@H]3C=C[C@H]([C@H]4C[C@H]34)[C@@H]2C1=O)Oc1ccc(-c2ccccc2)cc1. The Hall–Kier alpha value is -3.21. The lowest BCUT2D eigenvalue weighted by atomic mass is 9.63. The van der Waals surface area contributed by atoms with Crippen molar-refractivity contribution >= 4 is 17.8 Å². The van der Waals surface area contributed by atoms with Crippen molar-refractivity contribution in [1.29, 1.82) is 0 Å². The van der Waals surface area contributed by atoms with Crippen molar-refractivity contribution in [2.24, 2.45) is 35.5 Å². The Kier molecular flexibility index (Phi) is 3.76. The molecule has 3 fully saturated rings. The van der Waals surface area contributed by atoms with Crippen molar-refractivity contribution < 1.29 is 19.1 Å². The molecule has 1 saturated heterocycles. The Labute approximate surface area is 174 Å². The number of hydrogen-bond acceptors (Lipinski definition) is 4. The van der Waals surface area contributed by atoms with Crippen molar-refractivity contribution in [3.63, 3.8) is 0 Å². The Balaban J connectivity index is 1.14. The van der Waals surface area contributed by atoms with Crippen molar-refractivity contribution in [3.8, 4) is 16.9 Å². The molecule has 0 aromatic heterocycles. The summed E-state index contributed by atoms with van der Waals surface area (Å²) in [5.41, 5.74) is 2.10. The molecule has 30 heavy (non-hydrogen) atoms. The van der Waals surface area contributed by atoms with Crippen LogP contribution in [0.1, 0.15) is 6.42 Å². The second-order valence-electron chi connectivity index (χ2n) is 8.78. The summed E-state index contributed by atoms with van der Waals surface area (Å²) in [6, 6.07) is 17.1. The first-order chi connectivity index (χ1) is 14.6. The fourth-order valence-electron chi connectivity index (χ4n) is 5.81. The summed E-state index contributed by atoms with van der Waals surface area (Å²) in [4.78, 5) is 39.5. The minimum absolute atomic E-state index is 0.160. The molecule has 2 bridgehead atoms. The molecular formula is C25H21NO4. The molecule has 2 amide bonds. The number of likely N-dealkylation sites (tertiary alicyclic amines) is 1. The van der Waals surface area contributed by atoms with Crippen LogP contribution in [-0.2, 0) is 14.4 Å². The molecule has 5 nitrogen and oxygen atoms in total. The van der Waals surface area contributed by atoms with E-state index in [0.717, 1.165) is 22.4 Å². The number of hydrogen-bond donors (Lipinski definition) is 0. The number of nitrogens with zero attached hydrogens (tertiary/aromatic N) is 1. The molecular weight excluding hydrogens is 378 g/mol. The largest absolute Gasteiger partial charge is 0.425 e. The monoisotopic (exact) mass is 399 g/mol. The third-order valence-corrected chi connectivity index (χ3v) is 7.23. The van der Waals surface area contributed by atoms with Crippen LogP contribution in [0.5, 0.6) is 5.75 Å². The number of ether oxygens (including phenoxy) is 1. The third-order valence-electron chi connectivity index (χ3n) is 7.23. The lowest BCUT2D eigenvalue weighted by Crippen LogP contribution is -2.40. The highest BCUT2D eigenvalue weighted by atomic mass is 16.5. The van der Waals surface area contributed by atoms with E-state index < -0.39 is 5.97 Å². The zero-order chi connectivity index (χ0) is 20.4. The Bertz CT molecular complexity index is 1040. The van der Waals surface area contributed by atoms with Crippen molar-refractivity contribution in [2.75, 3.05) is 6.54 Å². The zero-order valence-electron chi connectivity index (χ0n) is 16.3. The normalized spacial score (nSPS) is 32.7. The summed E-state index contributed by atoms with van der Waals surface area (Å²) in [7, 11) is 0. The van der Waals surface area contributed by atoms with Gasteiger partial charge in [-0.1, -0.05) is 54.6 Å². The van der Waals surface area contributed by atoms with Gasteiger partial charge in [0.2, 0.25) is 11.8 Å². The smallest absolute Gasteiger partial charge is 0.331 e. The van der Waals surface area contributed by atoms with Gasteiger partial charge in [-0.3, -0.25) is 14.5 Å². The summed E-state index contributed by atoms with van der Waals surface area (Å²) < 4.78 is 5.42. The minimum atomic E-state index is -0.590. The van der Waals surface area contributed by atoms with Crippen molar-refractivity contribution in [3.05, 3.63) is 66.7 Å². The van der Waals surface area contributed by atoms with Crippen molar-refractivity contribution in [1.82, 2.24) is 4.90 Å². The van der Waals surface area contributed by atoms with E-state index in [1.165, 1.54) is 0 Å². The lowest BCUT2D eigenvalue weighted by molar-refractivity contribution is -0.148. The molecule has 0 spiro atoms. The first-order valence-electron chi connectivity index (χ1n) is 10.5. The van der Waals surface area contributed by atoms with E-state index in [1.54, 1.807) is 12.1 Å². The number of imide groups is 1. The molecule has 5 heteroatoms. The average molecular weight is 399 g/mol. The number of carbonyl (C=O) groups excluding carboxylic acids is 3. The predicted molar refractivity (Wildman–Crippen MR) is 109 cm³/mol. The fourth-order valence-corrected chi connectivity index (χ4v) is 5.81. The van der Waals surface area contributed by atoms with Gasteiger partial charge >= 0.3 is 5.97 Å². The third kappa shape index (κ3) is 2.58. The molecule has 6 atom stereocenters. The Morgan fingerprint density at radius 1 is 0.833 bits per heavy atom. The van der Waals surface area contributed by atoms with Crippen LogP contribution >= 0.6 is 0 Å². The average Bonchev–Trinajstić information content (AvgIpc) is 3.56. The number of rotatable bonds is 4. The van der Waals surface area contributed by atoms with Gasteiger partial charge in [-0.05, 0) is 53.4 Å². The second kappa shape index (κ2) is 6.39. The van der Waals surface area contributed by atoms with E-state index >= 15 is 0 Å². The quantitative estimate of drug-likeness (QED) is 0.342. The van der Waals surface area contributed by atoms with Gasteiger partial charge in [-0.2, -0.15) is 0 Å². The van der Waals surface area contributed by atoms with Crippen LogP contribution < -0.4 is 4.74 Å². The molecule has 0 N–H and O–H groups in total. The van der Waals surface area contributed by atoms with E-state index in [9.17, 15) is 14.4 Å². The molecule has 150 valence electrons. The lowest BCUT2D eigenvalue weighted by Gasteiger charge is -2.37. The van der Waals surface area contributed by atoms with Crippen LogP contribution in [0.4, 0.5) is 0 Å². The Morgan fingerprint density at radius 2 is 1.40 bits per heavy atom. The maximum atomic E-state index is 13.0. The molecule has 2 saturated carbocycles. The molecule has 4 aliphatic carbocycles. The van der Waals surface area contributed by atoms with Crippen molar-refractivity contribution in [2.45, 2.75) is 6.42 Å². The van der Waals surface area contributed by atoms with Gasteiger partial charge in [0.1, 0.15) is 12.3 Å². The molecule has 2 aromatic carbocycles. The van der Waals surface area contributed by atoms with E-state index in [2.05, 4.69) is 12.2 Å². The molecule has 2 aromatic rings. The van der Waals surface area contributed by atoms with Gasteiger partial charge in [0.15, 0.2) is 0 Å². The second-order valence-corrected chi connectivity index (χ2v) is 8.78. The summed E-state index contributed by atoms with van der Waals surface area (Å²) >= 11 is 0. The minimum Gasteiger partial charge on any atom is -0.425 e. The molecule has 0 radical (unpaired) electrons. The first kappa shape index (κ1) is 17.6. The van der Waals surface area contributed by atoms with Gasteiger partial charge < -0.3 is 4.74 Å². The number of benzene rings is 2. The van der Waals surface area contributed by atoms with Gasteiger partial charge in [0.05, 0.1) is 11.8 Å². The maximum absolute atomic E-state index is 13.0. The number of allylic oxidation sites excluding steroid dienone is 2. The van der Waals surface area contributed by atoms with Gasteiger partial charge in [0, 0.05) is 0 Å². The molecule has 7 rings (SSSR count). The number of carbonyl (C=O) groups is 3. The predicted octanol–water partition coefficient (Wildman–Crippen LogP) is 3.31.